The van der Waals surface area contributed by atoms with Gasteiger partial charge in [0.05, 0.1) is 5.56 Å². The van der Waals surface area contributed by atoms with Crippen LogP contribution < -0.4 is 5.56 Å². The van der Waals surface area contributed by atoms with Crippen molar-refractivity contribution in [2.24, 2.45) is 0 Å². The normalized spacial score (nSPS) is 13.9. The molecule has 0 aliphatic carbocycles. The van der Waals surface area contributed by atoms with Gasteiger partial charge in [0.1, 0.15) is 0 Å². The molecule has 3 rings (SSSR count). The van der Waals surface area contributed by atoms with Gasteiger partial charge in [-0.25, -0.2) is 0 Å². The minimum atomic E-state index is -4.48. The summed E-state index contributed by atoms with van der Waals surface area (Å²) in [7, 11) is 0. The molecule has 0 unspecified atom stereocenters. The highest BCUT2D eigenvalue weighted by molar-refractivity contribution is 5.96. The number of fused-ring (bicyclic) bond motifs is 1. The van der Waals surface area contributed by atoms with Crippen molar-refractivity contribution in [2.45, 2.75) is 32.5 Å². The summed E-state index contributed by atoms with van der Waals surface area (Å²) in [6.45, 7) is 1.89. The van der Waals surface area contributed by atoms with Gasteiger partial charge >= 0.3 is 6.18 Å². The largest absolute Gasteiger partial charge is 0.416 e. The zero-order valence-electron chi connectivity index (χ0n) is 12.4. The predicted molar refractivity (Wildman–Crippen MR) is 79.5 cm³/mol. The van der Waals surface area contributed by atoms with Crippen LogP contribution >= 0.6 is 0 Å². The van der Waals surface area contributed by atoms with Gasteiger partial charge in [0.2, 0.25) is 0 Å². The van der Waals surface area contributed by atoms with E-state index in [1.807, 2.05) is 0 Å². The van der Waals surface area contributed by atoms with Crippen molar-refractivity contribution in [1.29, 1.82) is 0 Å². The molecule has 0 N–H and O–H groups in total. The maximum Gasteiger partial charge on any atom is 0.416 e. The molecule has 120 valence electrons. The molecule has 0 saturated heterocycles. The lowest BCUT2D eigenvalue weighted by Crippen LogP contribution is -2.23. The third-order valence-electron chi connectivity index (χ3n) is 4.08. The summed E-state index contributed by atoms with van der Waals surface area (Å²) in [6.07, 6.45) is -3.10. The molecule has 1 aromatic heterocycles. The summed E-state index contributed by atoms with van der Waals surface area (Å²) in [5.74, 6) is -0.191. The van der Waals surface area contributed by atoms with E-state index in [1.165, 1.54) is 29.7 Å². The number of hydrogen-bond acceptors (Lipinski definition) is 2. The van der Waals surface area contributed by atoms with E-state index >= 15 is 0 Å². The fourth-order valence-electron chi connectivity index (χ4n) is 2.99. The first-order valence-corrected chi connectivity index (χ1v) is 7.24. The van der Waals surface area contributed by atoms with Crippen LogP contribution in [0.4, 0.5) is 13.2 Å². The van der Waals surface area contributed by atoms with Crippen LogP contribution in [-0.2, 0) is 19.1 Å². The van der Waals surface area contributed by atoms with Crippen molar-refractivity contribution >= 4 is 5.78 Å². The Bertz CT molecular complexity index is 850. The number of alkyl halides is 3. The maximum absolute atomic E-state index is 12.9. The number of benzene rings is 1. The van der Waals surface area contributed by atoms with Crippen molar-refractivity contribution < 1.29 is 18.0 Å². The molecule has 0 fully saturated rings. The van der Waals surface area contributed by atoms with E-state index in [9.17, 15) is 22.8 Å². The summed E-state index contributed by atoms with van der Waals surface area (Å²) in [5.41, 5.74) is 0.236. The number of hydrogen-bond donors (Lipinski definition) is 0. The topological polar surface area (TPSA) is 39.1 Å². The predicted octanol–water partition coefficient (Wildman–Crippen LogP) is 3.68. The van der Waals surface area contributed by atoms with Crippen molar-refractivity contribution in [1.82, 2.24) is 4.57 Å². The van der Waals surface area contributed by atoms with Crippen LogP contribution in [0.3, 0.4) is 0 Å². The van der Waals surface area contributed by atoms with E-state index in [1.54, 1.807) is 0 Å². The number of rotatable bonds is 2. The molecule has 1 aliphatic rings. The summed E-state index contributed by atoms with van der Waals surface area (Å²) in [5, 5.41) is 0. The van der Waals surface area contributed by atoms with Gasteiger partial charge in [0.25, 0.3) is 5.56 Å². The van der Waals surface area contributed by atoms with E-state index in [4.69, 9.17) is 0 Å². The first kappa shape index (κ1) is 15.5. The van der Waals surface area contributed by atoms with Crippen molar-refractivity contribution in [3.8, 4) is 11.1 Å². The Hall–Kier alpha value is -2.37. The summed E-state index contributed by atoms with van der Waals surface area (Å²) < 4.78 is 40.1. The molecule has 1 aliphatic heterocycles. The highest BCUT2D eigenvalue weighted by atomic mass is 19.4. The number of carbonyl (C=O) groups is 1. The number of Topliss-reactive ketones (excluding diaryl/α,β-unsaturated/α-hetero) is 1. The number of carbonyl (C=O) groups excluding carboxylic acids is 1. The minimum absolute atomic E-state index is 0.131. The van der Waals surface area contributed by atoms with E-state index in [-0.39, 0.29) is 22.5 Å². The van der Waals surface area contributed by atoms with Gasteiger partial charge in [-0.2, -0.15) is 13.2 Å². The molecule has 2 aromatic rings. The third-order valence-corrected chi connectivity index (χ3v) is 4.08. The molecule has 0 atom stereocenters. The zero-order chi connectivity index (χ0) is 16.8. The summed E-state index contributed by atoms with van der Waals surface area (Å²) >= 11 is 0. The first-order chi connectivity index (χ1) is 10.8. The number of aromatic nitrogens is 1. The maximum atomic E-state index is 12.9. The number of halogens is 3. The van der Waals surface area contributed by atoms with Gasteiger partial charge in [-0.15, -0.1) is 0 Å². The molecule has 3 nitrogen and oxygen atoms in total. The fourth-order valence-corrected chi connectivity index (χ4v) is 2.99. The zero-order valence-corrected chi connectivity index (χ0v) is 12.4. The molecule has 0 amide bonds. The van der Waals surface area contributed by atoms with Crippen LogP contribution in [0.5, 0.6) is 0 Å². The lowest BCUT2D eigenvalue weighted by atomic mass is 9.99. The second kappa shape index (κ2) is 5.37. The highest BCUT2D eigenvalue weighted by Gasteiger charge is 2.31. The number of nitrogens with zero attached hydrogens (tertiary/aromatic N) is 1. The van der Waals surface area contributed by atoms with Crippen LogP contribution in [0.15, 0.2) is 35.1 Å². The Kier molecular flexibility index (Phi) is 3.62. The van der Waals surface area contributed by atoms with Gasteiger partial charge in [-0.05, 0) is 43.5 Å². The minimum Gasteiger partial charge on any atom is -0.311 e. The molecular weight excluding hydrogens is 307 g/mol. The average Bonchev–Trinajstić information content (AvgIpc) is 2.96. The SMILES string of the molecule is CC(=O)c1cc(-c2cccc(C(F)(F)F)c2)c(=O)n2c1CCC2. The van der Waals surface area contributed by atoms with Crippen LogP contribution in [0.2, 0.25) is 0 Å². The van der Waals surface area contributed by atoms with Gasteiger partial charge in [0, 0.05) is 23.4 Å². The molecule has 0 spiro atoms. The smallest absolute Gasteiger partial charge is 0.311 e. The molecule has 23 heavy (non-hydrogen) atoms. The molecule has 1 aromatic carbocycles. The van der Waals surface area contributed by atoms with E-state index in [0.717, 1.165) is 18.6 Å². The average molecular weight is 321 g/mol. The van der Waals surface area contributed by atoms with Crippen LogP contribution in [0.1, 0.15) is 35.0 Å². The lowest BCUT2D eigenvalue weighted by Gasteiger charge is -2.13. The Morgan fingerprint density at radius 1 is 1.22 bits per heavy atom. The van der Waals surface area contributed by atoms with Crippen LogP contribution in [-0.4, -0.2) is 10.4 Å². The van der Waals surface area contributed by atoms with Crippen molar-refractivity contribution in [3.05, 3.63) is 57.5 Å². The number of pyridine rings is 1. The van der Waals surface area contributed by atoms with E-state index < -0.39 is 11.7 Å². The Morgan fingerprint density at radius 3 is 2.61 bits per heavy atom. The second-order valence-electron chi connectivity index (χ2n) is 5.61. The van der Waals surface area contributed by atoms with Crippen molar-refractivity contribution in [3.63, 3.8) is 0 Å². The standard InChI is InChI=1S/C17H14F3NO2/c1-10(22)13-9-14(16(23)21-7-3-6-15(13)21)11-4-2-5-12(8-11)17(18,19)20/h2,4-5,8-9H,3,6-7H2,1H3. The van der Waals surface area contributed by atoms with E-state index in [0.29, 0.717) is 24.2 Å². The van der Waals surface area contributed by atoms with Gasteiger partial charge in [-0.1, -0.05) is 12.1 Å². The molecular formula is C17H14F3NO2. The first-order valence-electron chi connectivity index (χ1n) is 7.24. The molecule has 0 bridgehead atoms. The molecule has 6 heteroatoms. The molecule has 0 saturated carbocycles. The van der Waals surface area contributed by atoms with Crippen LogP contribution in [0, 0.1) is 0 Å². The third kappa shape index (κ3) is 2.69. The van der Waals surface area contributed by atoms with E-state index in [2.05, 4.69) is 0 Å². The quantitative estimate of drug-likeness (QED) is 0.792. The summed E-state index contributed by atoms with van der Waals surface area (Å²) in [4.78, 5) is 24.4. The number of ketones is 1. The second-order valence-corrected chi connectivity index (χ2v) is 5.61. The van der Waals surface area contributed by atoms with Crippen molar-refractivity contribution in [2.75, 3.05) is 0 Å². The highest BCUT2D eigenvalue weighted by Crippen LogP contribution is 2.32. The molecule has 2 heterocycles. The fraction of sp³-hybridized carbons (Fsp3) is 0.294. The lowest BCUT2D eigenvalue weighted by molar-refractivity contribution is -0.137. The Morgan fingerprint density at radius 2 is 1.96 bits per heavy atom. The summed E-state index contributed by atoms with van der Waals surface area (Å²) in [6, 6.07) is 6.06. The van der Waals surface area contributed by atoms with Gasteiger partial charge in [0.15, 0.2) is 5.78 Å². The monoisotopic (exact) mass is 321 g/mol. The van der Waals surface area contributed by atoms with Gasteiger partial charge < -0.3 is 4.57 Å². The molecule has 0 radical (unpaired) electrons. The van der Waals surface area contributed by atoms with Crippen LogP contribution in [0.25, 0.3) is 11.1 Å². The Labute approximate surface area is 130 Å². The van der Waals surface area contributed by atoms with Gasteiger partial charge in [-0.3, -0.25) is 9.59 Å². The Balaban J connectivity index is 2.24.